The second-order valence-electron chi connectivity index (χ2n) is 8.06. The zero-order valence-corrected chi connectivity index (χ0v) is 19.1. The molecule has 4 aromatic carbocycles. The lowest BCUT2D eigenvalue weighted by molar-refractivity contribution is 0.306. The highest BCUT2D eigenvalue weighted by molar-refractivity contribution is 6.30. The molecule has 0 aliphatic carbocycles. The van der Waals surface area contributed by atoms with Crippen LogP contribution in [-0.4, -0.2) is 6.61 Å². The Morgan fingerprint density at radius 1 is 0.818 bits per heavy atom. The molecule has 1 nitrogen and oxygen atoms in total. The van der Waals surface area contributed by atoms with Crippen LogP contribution in [0.5, 0.6) is 5.75 Å². The minimum atomic E-state index is -0.707. The quantitative estimate of drug-likeness (QED) is 0.235. The molecule has 0 heterocycles. The van der Waals surface area contributed by atoms with Gasteiger partial charge in [-0.2, -0.15) is 0 Å². The van der Waals surface area contributed by atoms with Crippen LogP contribution >= 0.6 is 11.6 Å². The Labute approximate surface area is 196 Å². The van der Waals surface area contributed by atoms with Crippen LogP contribution < -0.4 is 4.74 Å². The molecule has 0 saturated heterocycles. The van der Waals surface area contributed by atoms with Crippen LogP contribution in [-0.2, 0) is 12.8 Å². The Kier molecular flexibility index (Phi) is 7.24. The Hall–Kier alpha value is -2.98. The molecule has 4 aromatic rings. The first-order chi connectivity index (χ1) is 16.0. The number of benzene rings is 4. The van der Waals surface area contributed by atoms with Gasteiger partial charge in [0.1, 0.15) is 23.2 Å². The van der Waals surface area contributed by atoms with E-state index in [0.29, 0.717) is 46.4 Å². The fourth-order valence-electron chi connectivity index (χ4n) is 3.86. The molecule has 0 unspecified atom stereocenters. The Bertz CT molecular complexity index is 1250. The van der Waals surface area contributed by atoms with E-state index in [4.69, 9.17) is 16.3 Å². The maximum Gasteiger partial charge on any atom is 0.137 e. The van der Waals surface area contributed by atoms with Crippen molar-refractivity contribution in [2.45, 2.75) is 32.6 Å². The number of unbranched alkanes of at least 4 members (excludes halogenated alkanes) is 1. The third-order valence-electron chi connectivity index (χ3n) is 5.70. The maximum absolute atomic E-state index is 15.1. The van der Waals surface area contributed by atoms with Crippen LogP contribution in [0, 0.1) is 17.5 Å². The van der Waals surface area contributed by atoms with Gasteiger partial charge >= 0.3 is 0 Å². The molecule has 0 fully saturated rings. The van der Waals surface area contributed by atoms with Crippen LogP contribution in [0.1, 0.15) is 30.9 Å². The van der Waals surface area contributed by atoms with E-state index in [1.807, 2.05) is 31.2 Å². The Morgan fingerprint density at radius 2 is 1.55 bits per heavy atom. The summed E-state index contributed by atoms with van der Waals surface area (Å²) in [7, 11) is 0. The molecule has 0 saturated carbocycles. The molecule has 0 atom stereocenters. The maximum atomic E-state index is 15.1. The van der Waals surface area contributed by atoms with Crippen molar-refractivity contribution in [1.82, 2.24) is 0 Å². The van der Waals surface area contributed by atoms with E-state index in [0.717, 1.165) is 18.4 Å². The predicted octanol–water partition coefficient (Wildman–Crippen LogP) is 8.54. The lowest BCUT2D eigenvalue weighted by Crippen LogP contribution is -1.99. The molecule has 0 N–H and O–H groups in total. The zero-order valence-electron chi connectivity index (χ0n) is 18.3. The lowest BCUT2D eigenvalue weighted by atomic mass is 9.96. The highest BCUT2D eigenvalue weighted by atomic mass is 35.5. The molecule has 0 spiro atoms. The summed E-state index contributed by atoms with van der Waals surface area (Å²) >= 11 is 5.92. The van der Waals surface area contributed by atoms with Crippen molar-refractivity contribution in [3.8, 4) is 16.9 Å². The average molecular weight is 469 g/mol. The molecular weight excluding hydrogens is 445 g/mol. The normalized spacial score (nSPS) is 11.2. The topological polar surface area (TPSA) is 9.23 Å². The third-order valence-corrected chi connectivity index (χ3v) is 5.95. The smallest absolute Gasteiger partial charge is 0.137 e. The standard InChI is InChI=1S/C28H24ClF3O/c1-2-3-14-33-23-16-25(30)27(26(31)17-23)21-10-13-24-20(15-21)9-8-19(28(24)32)7-4-18-5-11-22(29)12-6-18/h5-6,8-13,15-17H,2-4,7,14H2,1H3. The van der Waals surface area contributed by atoms with E-state index in [9.17, 15) is 8.78 Å². The van der Waals surface area contributed by atoms with Gasteiger partial charge in [0.15, 0.2) is 0 Å². The zero-order chi connectivity index (χ0) is 23.4. The van der Waals surface area contributed by atoms with Gasteiger partial charge in [-0.15, -0.1) is 0 Å². The molecule has 0 aromatic heterocycles. The summed E-state index contributed by atoms with van der Waals surface area (Å²) in [4.78, 5) is 0. The van der Waals surface area contributed by atoms with Crippen LogP contribution in [0.2, 0.25) is 5.02 Å². The number of halogens is 4. The fourth-order valence-corrected chi connectivity index (χ4v) is 3.99. The van der Waals surface area contributed by atoms with E-state index >= 15 is 4.39 Å². The summed E-state index contributed by atoms with van der Waals surface area (Å²) in [6.07, 6.45) is 2.96. The summed E-state index contributed by atoms with van der Waals surface area (Å²) in [6, 6.07) is 18.1. The van der Waals surface area contributed by atoms with Crippen LogP contribution in [0.25, 0.3) is 21.9 Å². The highest BCUT2D eigenvalue weighted by Gasteiger charge is 2.16. The molecule has 33 heavy (non-hydrogen) atoms. The first kappa shape index (κ1) is 23.2. The first-order valence-corrected chi connectivity index (χ1v) is 11.4. The van der Waals surface area contributed by atoms with Crippen molar-refractivity contribution in [3.05, 3.63) is 100 Å². The predicted molar refractivity (Wildman–Crippen MR) is 129 cm³/mol. The van der Waals surface area contributed by atoms with Crippen molar-refractivity contribution < 1.29 is 17.9 Å². The summed E-state index contributed by atoms with van der Waals surface area (Å²) in [6.45, 7) is 2.42. The number of aryl methyl sites for hydroxylation is 2. The van der Waals surface area contributed by atoms with Crippen molar-refractivity contribution in [2.24, 2.45) is 0 Å². The molecule has 4 rings (SSSR count). The summed E-state index contributed by atoms with van der Waals surface area (Å²) < 4.78 is 50.0. The van der Waals surface area contributed by atoms with Gasteiger partial charge in [-0.05, 0) is 59.5 Å². The van der Waals surface area contributed by atoms with Gasteiger partial charge in [-0.1, -0.05) is 61.3 Å². The fraction of sp³-hybridized carbons (Fsp3) is 0.214. The highest BCUT2D eigenvalue weighted by Crippen LogP contribution is 2.33. The number of hydrogen-bond acceptors (Lipinski definition) is 1. The molecule has 0 radical (unpaired) electrons. The van der Waals surface area contributed by atoms with E-state index in [-0.39, 0.29) is 17.1 Å². The summed E-state index contributed by atoms with van der Waals surface area (Å²) in [5.41, 5.74) is 1.87. The van der Waals surface area contributed by atoms with E-state index in [1.165, 1.54) is 12.1 Å². The largest absolute Gasteiger partial charge is 0.493 e. The lowest BCUT2D eigenvalue weighted by Gasteiger charge is -2.12. The SMILES string of the molecule is CCCCOc1cc(F)c(-c2ccc3c(F)c(CCc4ccc(Cl)cc4)ccc3c2)c(F)c1. The van der Waals surface area contributed by atoms with Gasteiger partial charge in [0.05, 0.1) is 12.2 Å². The van der Waals surface area contributed by atoms with Gasteiger partial charge in [0.2, 0.25) is 0 Å². The molecule has 0 amide bonds. The van der Waals surface area contributed by atoms with Gasteiger partial charge in [-0.3, -0.25) is 0 Å². The molecule has 0 bridgehead atoms. The molecule has 5 heteroatoms. The van der Waals surface area contributed by atoms with Gasteiger partial charge in [0.25, 0.3) is 0 Å². The second-order valence-corrected chi connectivity index (χ2v) is 8.50. The number of fused-ring (bicyclic) bond motifs is 1. The third kappa shape index (κ3) is 5.33. The molecule has 170 valence electrons. The van der Waals surface area contributed by atoms with Gasteiger partial charge in [0, 0.05) is 22.5 Å². The van der Waals surface area contributed by atoms with E-state index in [1.54, 1.807) is 30.3 Å². The molecule has 0 aliphatic rings. The van der Waals surface area contributed by atoms with Crippen molar-refractivity contribution in [1.29, 1.82) is 0 Å². The Morgan fingerprint density at radius 3 is 2.24 bits per heavy atom. The van der Waals surface area contributed by atoms with Crippen LogP contribution in [0.15, 0.2) is 66.7 Å². The summed E-state index contributed by atoms with van der Waals surface area (Å²) in [5, 5.41) is 1.67. The van der Waals surface area contributed by atoms with E-state index < -0.39 is 11.6 Å². The van der Waals surface area contributed by atoms with E-state index in [2.05, 4.69) is 0 Å². The summed E-state index contributed by atoms with van der Waals surface area (Å²) in [5.74, 6) is -1.56. The monoisotopic (exact) mass is 468 g/mol. The average Bonchev–Trinajstić information content (AvgIpc) is 2.79. The first-order valence-electron chi connectivity index (χ1n) is 11.0. The van der Waals surface area contributed by atoms with Crippen molar-refractivity contribution in [3.63, 3.8) is 0 Å². The minimum absolute atomic E-state index is 0.146. The van der Waals surface area contributed by atoms with Crippen LogP contribution in [0.4, 0.5) is 13.2 Å². The number of rotatable bonds is 8. The minimum Gasteiger partial charge on any atom is -0.493 e. The second kappa shape index (κ2) is 10.3. The van der Waals surface area contributed by atoms with Gasteiger partial charge < -0.3 is 4.74 Å². The van der Waals surface area contributed by atoms with Crippen molar-refractivity contribution >= 4 is 22.4 Å². The van der Waals surface area contributed by atoms with Crippen LogP contribution in [0.3, 0.4) is 0 Å². The Balaban J connectivity index is 1.58. The molecular formula is C28H24ClF3O. The number of ether oxygens (including phenoxy) is 1. The molecule has 0 aliphatic heterocycles. The van der Waals surface area contributed by atoms with Crippen molar-refractivity contribution in [2.75, 3.05) is 6.61 Å². The van der Waals surface area contributed by atoms with Gasteiger partial charge in [-0.25, -0.2) is 13.2 Å². The number of hydrogen-bond donors (Lipinski definition) is 0.